The Bertz CT molecular complexity index is 1250. The van der Waals surface area contributed by atoms with E-state index in [1.165, 1.54) is 18.3 Å². The van der Waals surface area contributed by atoms with Crippen molar-refractivity contribution in [1.82, 2.24) is 5.43 Å². The normalized spacial score (nSPS) is 11.7. The van der Waals surface area contributed by atoms with Crippen LogP contribution in [0.4, 0.5) is 5.69 Å². The Morgan fingerprint density at radius 2 is 1.79 bits per heavy atom. The van der Waals surface area contributed by atoms with Crippen LogP contribution < -0.4 is 19.6 Å². The van der Waals surface area contributed by atoms with Gasteiger partial charge in [0.1, 0.15) is 12.4 Å². The largest absolute Gasteiger partial charge is 0.494 e. The lowest BCUT2D eigenvalue weighted by Gasteiger charge is -2.13. The highest BCUT2D eigenvalue weighted by molar-refractivity contribution is 5.83. The summed E-state index contributed by atoms with van der Waals surface area (Å²) in [7, 11) is 0. The average Bonchev–Trinajstić information content (AvgIpc) is 2.92. The number of ether oxygens (including phenoxy) is 3. The van der Waals surface area contributed by atoms with Crippen LogP contribution in [0.15, 0.2) is 71.8 Å². The van der Waals surface area contributed by atoms with Gasteiger partial charge >= 0.3 is 0 Å². The van der Waals surface area contributed by atoms with Gasteiger partial charge in [0, 0.05) is 18.6 Å². The summed E-state index contributed by atoms with van der Waals surface area (Å²) in [6, 6.07) is 18.5. The zero-order chi connectivity index (χ0) is 27.3. The monoisotopic (exact) mass is 521 g/mol. The molecule has 0 radical (unpaired) electrons. The standard InChI is InChI=1S/C28H31N3O7/c1-3-36-24-11-9-22(10-12-24)25(32)13-15-28(33)30-29-18-20-8-14-26(27(17-20)37-4-2)38-19-21-6-5-7-23(16-21)31(34)35/h5-12,14,16-18,25,32H,3-4,13,15,19H2,1-2H3,(H,30,33)/b29-18-/t25-/m0/s1. The summed E-state index contributed by atoms with van der Waals surface area (Å²) in [5, 5.41) is 25.3. The number of hydrazone groups is 1. The van der Waals surface area contributed by atoms with Gasteiger partial charge < -0.3 is 19.3 Å². The molecule has 2 N–H and O–H groups in total. The Kier molecular flexibility index (Phi) is 10.6. The first-order valence-electron chi connectivity index (χ1n) is 12.2. The first-order valence-corrected chi connectivity index (χ1v) is 12.2. The highest BCUT2D eigenvalue weighted by Crippen LogP contribution is 2.29. The second kappa shape index (κ2) is 14.3. The number of non-ortho nitro benzene ring substituents is 1. The maximum atomic E-state index is 12.2. The third-order valence-corrected chi connectivity index (χ3v) is 5.41. The molecule has 0 fully saturated rings. The van der Waals surface area contributed by atoms with E-state index in [9.17, 15) is 20.0 Å². The van der Waals surface area contributed by atoms with Crippen molar-refractivity contribution in [3.05, 3.63) is 93.5 Å². The number of hydrogen-bond acceptors (Lipinski definition) is 8. The quantitative estimate of drug-likeness (QED) is 0.174. The molecule has 3 aromatic rings. The Hall–Kier alpha value is -4.44. The van der Waals surface area contributed by atoms with Crippen molar-refractivity contribution in [2.24, 2.45) is 5.10 Å². The zero-order valence-electron chi connectivity index (χ0n) is 21.3. The number of aliphatic hydroxyl groups excluding tert-OH is 1. The number of nitrogens with one attached hydrogen (secondary N) is 1. The van der Waals surface area contributed by atoms with Gasteiger partial charge in [0.05, 0.1) is 30.5 Å². The predicted molar refractivity (Wildman–Crippen MR) is 143 cm³/mol. The molecule has 3 rings (SSSR count). The van der Waals surface area contributed by atoms with Gasteiger partial charge in [-0.1, -0.05) is 24.3 Å². The van der Waals surface area contributed by atoms with Crippen molar-refractivity contribution in [2.45, 2.75) is 39.4 Å². The second-order valence-electron chi connectivity index (χ2n) is 8.20. The van der Waals surface area contributed by atoms with Crippen molar-refractivity contribution in [3.8, 4) is 17.2 Å². The van der Waals surface area contributed by atoms with E-state index in [1.807, 2.05) is 13.8 Å². The lowest BCUT2D eigenvalue weighted by atomic mass is 10.0. The number of aliphatic hydroxyl groups is 1. The van der Waals surface area contributed by atoms with Gasteiger partial charge in [0.25, 0.3) is 5.69 Å². The molecule has 200 valence electrons. The van der Waals surface area contributed by atoms with Crippen LogP contribution >= 0.6 is 0 Å². The van der Waals surface area contributed by atoms with E-state index in [2.05, 4.69) is 10.5 Å². The molecule has 38 heavy (non-hydrogen) atoms. The number of nitro benzene ring substituents is 1. The molecule has 3 aromatic carbocycles. The minimum absolute atomic E-state index is 0.00425. The number of carbonyl (C=O) groups is 1. The summed E-state index contributed by atoms with van der Waals surface area (Å²) in [4.78, 5) is 22.7. The summed E-state index contributed by atoms with van der Waals surface area (Å²) < 4.78 is 16.9. The molecule has 1 amide bonds. The first kappa shape index (κ1) is 28.1. The van der Waals surface area contributed by atoms with Gasteiger partial charge in [-0.2, -0.15) is 5.10 Å². The lowest BCUT2D eigenvalue weighted by Crippen LogP contribution is -2.18. The number of carbonyl (C=O) groups excluding carboxylic acids is 1. The molecule has 0 bridgehead atoms. The number of hydrogen-bond donors (Lipinski definition) is 2. The molecule has 10 nitrogen and oxygen atoms in total. The van der Waals surface area contributed by atoms with Crippen LogP contribution in [0.1, 0.15) is 49.5 Å². The van der Waals surface area contributed by atoms with Crippen LogP contribution in [0.25, 0.3) is 0 Å². The number of nitrogens with zero attached hydrogens (tertiary/aromatic N) is 2. The van der Waals surface area contributed by atoms with E-state index in [0.717, 1.165) is 5.75 Å². The van der Waals surface area contributed by atoms with E-state index in [0.29, 0.717) is 41.4 Å². The van der Waals surface area contributed by atoms with Crippen LogP contribution in [0.5, 0.6) is 17.2 Å². The molecule has 0 unspecified atom stereocenters. The van der Waals surface area contributed by atoms with Crippen LogP contribution in [0.3, 0.4) is 0 Å². The van der Waals surface area contributed by atoms with Crippen molar-refractivity contribution in [1.29, 1.82) is 0 Å². The van der Waals surface area contributed by atoms with Crippen molar-refractivity contribution >= 4 is 17.8 Å². The van der Waals surface area contributed by atoms with Crippen molar-refractivity contribution in [2.75, 3.05) is 13.2 Å². The molecule has 0 heterocycles. The SMILES string of the molecule is CCOc1ccc([C@@H](O)CCC(=O)N/N=C\c2ccc(OCc3cccc([N+](=O)[O-])c3)c(OCC)c2)cc1. The highest BCUT2D eigenvalue weighted by atomic mass is 16.6. The number of rotatable bonds is 14. The van der Waals surface area contributed by atoms with E-state index in [4.69, 9.17) is 14.2 Å². The van der Waals surface area contributed by atoms with Gasteiger partial charge in [-0.05, 0) is 67.3 Å². The lowest BCUT2D eigenvalue weighted by molar-refractivity contribution is -0.384. The first-order chi connectivity index (χ1) is 18.4. The van der Waals surface area contributed by atoms with Gasteiger partial charge in [-0.25, -0.2) is 5.43 Å². The molecule has 0 saturated heterocycles. The maximum absolute atomic E-state index is 12.2. The minimum atomic E-state index is -0.774. The van der Waals surface area contributed by atoms with Crippen LogP contribution in [0.2, 0.25) is 0 Å². The topological polar surface area (TPSA) is 133 Å². The summed E-state index contributed by atoms with van der Waals surface area (Å²) in [6.07, 6.45) is 1.05. The minimum Gasteiger partial charge on any atom is -0.494 e. The van der Waals surface area contributed by atoms with Crippen LogP contribution in [-0.2, 0) is 11.4 Å². The Balaban J connectivity index is 1.52. The van der Waals surface area contributed by atoms with E-state index in [1.54, 1.807) is 54.6 Å². The van der Waals surface area contributed by atoms with E-state index < -0.39 is 11.0 Å². The molecule has 0 aromatic heterocycles. The highest BCUT2D eigenvalue weighted by Gasteiger charge is 2.12. The van der Waals surface area contributed by atoms with Gasteiger partial charge in [0.2, 0.25) is 5.91 Å². The van der Waals surface area contributed by atoms with Crippen LogP contribution in [-0.4, -0.2) is 35.4 Å². The summed E-state index contributed by atoms with van der Waals surface area (Å²) in [5.74, 6) is 1.35. The Morgan fingerprint density at radius 3 is 2.50 bits per heavy atom. The molecule has 0 spiro atoms. The number of benzene rings is 3. The zero-order valence-corrected chi connectivity index (χ0v) is 21.3. The summed E-state index contributed by atoms with van der Waals surface area (Å²) >= 11 is 0. The van der Waals surface area contributed by atoms with Crippen molar-refractivity contribution < 1.29 is 29.0 Å². The number of nitro groups is 1. The third-order valence-electron chi connectivity index (χ3n) is 5.41. The summed E-state index contributed by atoms with van der Waals surface area (Å²) in [5.41, 5.74) is 4.50. The fraction of sp³-hybridized carbons (Fsp3) is 0.286. The molecule has 0 aliphatic heterocycles. The predicted octanol–water partition coefficient (Wildman–Crippen LogP) is 4.94. The molecule has 0 saturated carbocycles. The number of amides is 1. The molecule has 1 atom stereocenters. The average molecular weight is 522 g/mol. The second-order valence-corrected chi connectivity index (χ2v) is 8.20. The van der Waals surface area contributed by atoms with E-state index in [-0.39, 0.29) is 31.0 Å². The van der Waals surface area contributed by atoms with Gasteiger partial charge in [-0.15, -0.1) is 0 Å². The molecule has 0 aliphatic rings. The van der Waals surface area contributed by atoms with Crippen molar-refractivity contribution in [3.63, 3.8) is 0 Å². The molecular weight excluding hydrogens is 490 g/mol. The van der Waals surface area contributed by atoms with Crippen LogP contribution in [0, 0.1) is 10.1 Å². The molecular formula is C28H31N3O7. The van der Waals surface area contributed by atoms with Gasteiger partial charge in [-0.3, -0.25) is 14.9 Å². The van der Waals surface area contributed by atoms with E-state index >= 15 is 0 Å². The fourth-order valence-corrected chi connectivity index (χ4v) is 3.54. The Morgan fingerprint density at radius 1 is 1.03 bits per heavy atom. The van der Waals surface area contributed by atoms with Gasteiger partial charge in [0.15, 0.2) is 11.5 Å². The third kappa shape index (κ3) is 8.59. The smallest absolute Gasteiger partial charge is 0.269 e. The summed E-state index contributed by atoms with van der Waals surface area (Å²) in [6.45, 7) is 4.84. The molecule has 0 aliphatic carbocycles. The fourth-order valence-electron chi connectivity index (χ4n) is 3.54. The maximum Gasteiger partial charge on any atom is 0.269 e. The molecule has 10 heteroatoms. The Labute approximate surface area is 221 Å².